The highest BCUT2D eigenvalue weighted by Crippen LogP contribution is 2.44. The van der Waals surface area contributed by atoms with E-state index >= 15 is 0 Å². The summed E-state index contributed by atoms with van der Waals surface area (Å²) in [4.78, 5) is 29.0. The Kier molecular flexibility index (Phi) is 5.27. The summed E-state index contributed by atoms with van der Waals surface area (Å²) < 4.78 is 43.3. The summed E-state index contributed by atoms with van der Waals surface area (Å²) in [6.45, 7) is 2.25. The number of H-pyrrole nitrogens is 1. The van der Waals surface area contributed by atoms with Gasteiger partial charge in [0.15, 0.2) is 5.13 Å². The molecule has 4 aromatic rings. The van der Waals surface area contributed by atoms with Crippen molar-refractivity contribution < 1.29 is 18.0 Å². The number of urea groups is 1. The highest BCUT2D eigenvalue weighted by molar-refractivity contribution is 7.19. The van der Waals surface area contributed by atoms with E-state index in [0.717, 1.165) is 17.3 Å². The zero-order valence-electron chi connectivity index (χ0n) is 17.7. The quantitative estimate of drug-likeness (QED) is 0.351. The Labute approximate surface area is 194 Å². The highest BCUT2D eigenvalue weighted by Gasteiger charge is 2.36. The van der Waals surface area contributed by atoms with E-state index in [2.05, 4.69) is 25.8 Å². The van der Waals surface area contributed by atoms with E-state index in [9.17, 15) is 22.8 Å². The minimum Gasteiger partial charge on any atom is -0.336 e. The largest absolute Gasteiger partial charge is 0.418 e. The third-order valence-electron chi connectivity index (χ3n) is 5.31. The minimum absolute atomic E-state index is 0.0699. The van der Waals surface area contributed by atoms with Crippen molar-refractivity contribution in [3.8, 4) is 16.3 Å². The molecule has 0 saturated heterocycles. The molecule has 0 fully saturated rings. The summed E-state index contributed by atoms with van der Waals surface area (Å²) in [5.41, 5.74) is 1.67. The lowest BCUT2D eigenvalue weighted by Gasteiger charge is -2.14. The van der Waals surface area contributed by atoms with E-state index in [-0.39, 0.29) is 24.3 Å². The van der Waals surface area contributed by atoms with Crippen LogP contribution in [0.2, 0.25) is 0 Å². The SMILES string of the molecule is Cc1cc(=O)n(CCNC(=O)Nc2nc3c(s2)-c2c(cnn2-c2ccccc2C(F)(F)F)C3)[nH]1. The van der Waals surface area contributed by atoms with Gasteiger partial charge in [-0.25, -0.2) is 14.5 Å². The third kappa shape index (κ3) is 3.98. The number of alkyl halides is 3. The molecule has 176 valence electrons. The molecule has 0 unspecified atom stereocenters. The predicted octanol–water partition coefficient (Wildman–Crippen LogP) is 3.54. The second-order valence-corrected chi connectivity index (χ2v) is 8.73. The first-order valence-corrected chi connectivity index (χ1v) is 11.1. The summed E-state index contributed by atoms with van der Waals surface area (Å²) >= 11 is 1.17. The smallest absolute Gasteiger partial charge is 0.336 e. The van der Waals surface area contributed by atoms with Crippen LogP contribution in [-0.4, -0.2) is 37.1 Å². The lowest BCUT2D eigenvalue weighted by molar-refractivity contribution is -0.137. The van der Waals surface area contributed by atoms with Crippen molar-refractivity contribution in [2.45, 2.75) is 26.1 Å². The molecule has 3 heterocycles. The lowest BCUT2D eigenvalue weighted by atomic mass is 10.1. The lowest BCUT2D eigenvalue weighted by Crippen LogP contribution is -2.33. The van der Waals surface area contributed by atoms with Crippen LogP contribution in [0.3, 0.4) is 0 Å². The normalized spacial score (nSPS) is 12.5. The zero-order valence-corrected chi connectivity index (χ0v) is 18.5. The van der Waals surface area contributed by atoms with E-state index in [1.807, 2.05) is 0 Å². The molecule has 2 amide bonds. The number of aryl methyl sites for hydroxylation is 1. The van der Waals surface area contributed by atoms with E-state index in [0.29, 0.717) is 27.8 Å². The number of nitrogens with zero attached hydrogens (tertiary/aromatic N) is 4. The van der Waals surface area contributed by atoms with Crippen LogP contribution in [0.5, 0.6) is 0 Å². The van der Waals surface area contributed by atoms with Gasteiger partial charge in [0.1, 0.15) is 0 Å². The molecule has 9 nitrogen and oxygen atoms in total. The number of carbonyl (C=O) groups is 1. The monoisotopic (exact) mass is 489 g/mol. The van der Waals surface area contributed by atoms with Gasteiger partial charge in [-0.3, -0.25) is 19.9 Å². The van der Waals surface area contributed by atoms with Crippen molar-refractivity contribution in [1.29, 1.82) is 0 Å². The van der Waals surface area contributed by atoms with Gasteiger partial charge in [-0.2, -0.15) is 18.3 Å². The molecule has 0 bridgehead atoms. The molecule has 13 heteroatoms. The van der Waals surface area contributed by atoms with Crippen molar-refractivity contribution in [2.24, 2.45) is 0 Å². The van der Waals surface area contributed by atoms with E-state index < -0.39 is 17.8 Å². The van der Waals surface area contributed by atoms with Gasteiger partial charge >= 0.3 is 12.2 Å². The van der Waals surface area contributed by atoms with Crippen LogP contribution in [0.1, 0.15) is 22.5 Å². The second kappa shape index (κ2) is 8.17. The van der Waals surface area contributed by atoms with Crippen molar-refractivity contribution in [1.82, 2.24) is 29.9 Å². The summed E-state index contributed by atoms with van der Waals surface area (Å²) in [5.74, 6) is 0. The van der Waals surface area contributed by atoms with Gasteiger partial charge in [-0.05, 0) is 19.1 Å². The van der Waals surface area contributed by atoms with Crippen LogP contribution in [0.4, 0.5) is 23.1 Å². The van der Waals surface area contributed by atoms with E-state index in [1.165, 1.54) is 45.0 Å². The molecule has 34 heavy (non-hydrogen) atoms. The topological polar surface area (TPSA) is 110 Å². The molecular weight excluding hydrogens is 471 g/mol. The zero-order chi connectivity index (χ0) is 24.0. The number of aromatic amines is 1. The fraction of sp³-hybridized carbons (Fsp3) is 0.238. The Morgan fingerprint density at radius 2 is 2.09 bits per heavy atom. The fourth-order valence-corrected chi connectivity index (χ4v) is 4.92. The first-order valence-electron chi connectivity index (χ1n) is 10.3. The number of thiazole rings is 1. The van der Waals surface area contributed by atoms with Crippen molar-refractivity contribution in [3.05, 3.63) is 69.4 Å². The molecule has 5 rings (SSSR count). The Balaban J connectivity index is 1.33. The van der Waals surface area contributed by atoms with Crippen LogP contribution >= 0.6 is 11.3 Å². The minimum atomic E-state index is -4.53. The third-order valence-corrected chi connectivity index (χ3v) is 6.33. The number of rotatable bonds is 5. The molecule has 0 atom stereocenters. The standard InChI is InChI=1S/C21H18F3N7O2S/c1-11-8-16(32)30(29-11)7-6-25-19(33)28-20-27-14-9-12-10-26-31(17(12)18(14)34-20)15-5-3-2-4-13(15)21(22,23)24/h2-5,8,10,29H,6-7,9H2,1H3,(H2,25,27,28,33). The van der Waals surface area contributed by atoms with Crippen molar-refractivity contribution in [2.75, 3.05) is 11.9 Å². The van der Waals surface area contributed by atoms with Crippen LogP contribution in [0.15, 0.2) is 41.3 Å². The average Bonchev–Trinajstić information content (AvgIpc) is 3.49. The number of halogens is 3. The number of fused-ring (bicyclic) bond motifs is 3. The van der Waals surface area contributed by atoms with Crippen LogP contribution in [0.25, 0.3) is 16.3 Å². The number of benzene rings is 1. The second-order valence-electron chi connectivity index (χ2n) is 7.73. The Morgan fingerprint density at radius 3 is 2.82 bits per heavy atom. The van der Waals surface area contributed by atoms with Crippen LogP contribution in [0, 0.1) is 6.92 Å². The number of nitrogens with one attached hydrogen (secondary N) is 3. The van der Waals surface area contributed by atoms with Gasteiger partial charge in [0.2, 0.25) is 0 Å². The molecule has 0 saturated carbocycles. The van der Waals surface area contributed by atoms with E-state index in [4.69, 9.17) is 0 Å². The summed E-state index contributed by atoms with van der Waals surface area (Å²) in [6, 6.07) is 6.22. The number of anilines is 1. The molecule has 1 aliphatic carbocycles. The van der Waals surface area contributed by atoms with Crippen LogP contribution in [-0.2, 0) is 19.1 Å². The molecular formula is C21H18F3N7O2S. The summed E-state index contributed by atoms with van der Waals surface area (Å²) in [6.07, 6.45) is -2.58. The molecule has 0 spiro atoms. The Hall–Kier alpha value is -3.87. The van der Waals surface area contributed by atoms with Crippen LogP contribution < -0.4 is 16.2 Å². The maximum absolute atomic E-state index is 13.5. The first-order chi connectivity index (χ1) is 16.2. The van der Waals surface area contributed by atoms with Crippen molar-refractivity contribution in [3.63, 3.8) is 0 Å². The Bertz CT molecular complexity index is 1450. The molecule has 0 radical (unpaired) electrons. The number of hydrogen-bond acceptors (Lipinski definition) is 5. The number of para-hydroxylation sites is 1. The maximum atomic E-state index is 13.5. The van der Waals surface area contributed by atoms with Gasteiger partial charge in [0.05, 0.1) is 40.3 Å². The molecule has 1 aliphatic rings. The highest BCUT2D eigenvalue weighted by atomic mass is 32.1. The van der Waals surface area contributed by atoms with Crippen molar-refractivity contribution >= 4 is 22.5 Å². The van der Waals surface area contributed by atoms with Gasteiger partial charge in [0, 0.05) is 30.3 Å². The van der Waals surface area contributed by atoms with Gasteiger partial charge in [0.25, 0.3) is 5.56 Å². The van der Waals surface area contributed by atoms with E-state index in [1.54, 1.807) is 13.1 Å². The molecule has 0 aliphatic heterocycles. The molecule has 1 aromatic carbocycles. The number of amides is 2. The summed E-state index contributed by atoms with van der Waals surface area (Å²) in [7, 11) is 0. The average molecular weight is 489 g/mol. The fourth-order valence-electron chi connectivity index (χ4n) is 3.88. The van der Waals surface area contributed by atoms with Gasteiger partial charge in [-0.1, -0.05) is 23.5 Å². The van der Waals surface area contributed by atoms with Gasteiger partial charge in [-0.15, -0.1) is 0 Å². The number of carbonyl (C=O) groups excluding carboxylic acids is 1. The number of hydrogen-bond donors (Lipinski definition) is 3. The first kappa shape index (κ1) is 21.9. The number of aromatic nitrogens is 5. The maximum Gasteiger partial charge on any atom is 0.418 e. The molecule has 3 N–H and O–H groups in total. The Morgan fingerprint density at radius 1 is 1.29 bits per heavy atom. The summed E-state index contributed by atoms with van der Waals surface area (Å²) in [5, 5.41) is 12.7. The van der Waals surface area contributed by atoms with Gasteiger partial charge < -0.3 is 5.32 Å². The predicted molar refractivity (Wildman–Crippen MR) is 119 cm³/mol. The molecule has 3 aromatic heterocycles.